The van der Waals surface area contributed by atoms with E-state index in [0.717, 1.165) is 12.1 Å². The zero-order chi connectivity index (χ0) is 11.9. The predicted molar refractivity (Wildman–Crippen MR) is 60.8 cm³/mol. The van der Waals surface area contributed by atoms with Crippen LogP contribution in [0.3, 0.4) is 0 Å². The molecule has 9 heteroatoms. The Labute approximate surface area is 117 Å². The summed E-state index contributed by atoms with van der Waals surface area (Å²) in [6.07, 6.45) is 0. The van der Waals surface area contributed by atoms with Gasteiger partial charge in [0.05, 0.1) is 15.9 Å². The Bertz CT molecular complexity index is 776. The third-order valence-corrected chi connectivity index (χ3v) is 2.84. The van der Waals surface area contributed by atoms with Crippen molar-refractivity contribution in [3.8, 4) is 0 Å². The molecule has 17 heavy (non-hydrogen) atoms. The zero-order valence-corrected chi connectivity index (χ0v) is 11.5. The van der Waals surface area contributed by atoms with Crippen molar-refractivity contribution in [3.63, 3.8) is 0 Å². The molecule has 0 unspecified atom stereocenters. The third-order valence-electron chi connectivity index (χ3n) is 1.99. The fraction of sp³-hybridized carbons (Fsp3) is 0. The van der Waals surface area contributed by atoms with Crippen LogP contribution in [-0.4, -0.2) is 52.5 Å². The van der Waals surface area contributed by atoms with Crippen LogP contribution in [0, 0.1) is 0 Å². The van der Waals surface area contributed by atoms with E-state index < -0.39 is 21.2 Å². The molecule has 85 valence electrons. The molecule has 2 aromatic rings. The van der Waals surface area contributed by atoms with Gasteiger partial charge in [-0.1, -0.05) is 0 Å². The topological polar surface area (TPSA) is 120 Å². The van der Waals surface area contributed by atoms with E-state index >= 15 is 0 Å². The van der Waals surface area contributed by atoms with Crippen LogP contribution in [0.15, 0.2) is 32.7 Å². The van der Waals surface area contributed by atoms with Gasteiger partial charge in [0.2, 0.25) is 0 Å². The summed E-state index contributed by atoms with van der Waals surface area (Å²) < 4.78 is 30.4. The number of hydrogen-bond acceptors (Lipinski definition) is 4. The molecule has 0 aliphatic carbocycles. The molecule has 0 saturated heterocycles. The van der Waals surface area contributed by atoms with Gasteiger partial charge >= 0.3 is 11.1 Å². The quantitative estimate of drug-likeness (QED) is 0.350. The fourth-order valence-electron chi connectivity index (χ4n) is 1.25. The van der Waals surface area contributed by atoms with E-state index in [-0.39, 0.29) is 45.5 Å². The van der Waals surface area contributed by atoms with Gasteiger partial charge in [-0.2, -0.15) is 8.42 Å². The number of aromatic nitrogens is 2. The first-order valence-electron chi connectivity index (χ1n) is 4.12. The van der Waals surface area contributed by atoms with Crippen LogP contribution in [0.4, 0.5) is 0 Å². The van der Waals surface area contributed by atoms with E-state index in [4.69, 9.17) is 4.55 Å². The second kappa shape index (κ2) is 4.75. The summed E-state index contributed by atoms with van der Waals surface area (Å²) in [5.41, 5.74) is -1.32. The number of H-pyrrole nitrogens is 2. The van der Waals surface area contributed by atoms with Gasteiger partial charge in [0.1, 0.15) is 0 Å². The van der Waals surface area contributed by atoms with Crippen LogP contribution in [0.25, 0.3) is 11.0 Å². The summed E-state index contributed by atoms with van der Waals surface area (Å²) in [6, 6.07) is 3.45. The molecule has 0 saturated carbocycles. The van der Waals surface area contributed by atoms with E-state index in [1.54, 1.807) is 0 Å². The van der Waals surface area contributed by atoms with E-state index in [9.17, 15) is 18.0 Å². The first-order chi connectivity index (χ1) is 7.38. The zero-order valence-electron chi connectivity index (χ0n) is 8.72. The van der Waals surface area contributed by atoms with Crippen molar-refractivity contribution in [2.24, 2.45) is 0 Å². The molecule has 0 spiro atoms. The Balaban J connectivity index is 0.00000144. The normalized spacial score (nSPS) is 11.1. The van der Waals surface area contributed by atoms with E-state index in [0.29, 0.717) is 0 Å². The first kappa shape index (κ1) is 14.1. The molecule has 1 heterocycles. The van der Waals surface area contributed by atoms with Crippen LogP contribution in [0.1, 0.15) is 0 Å². The van der Waals surface area contributed by atoms with Gasteiger partial charge in [-0.05, 0) is 18.2 Å². The second-order valence-corrected chi connectivity index (χ2v) is 4.51. The average molecular weight is 265 g/mol. The maximum Gasteiger partial charge on any atom is 0.314 e. The van der Waals surface area contributed by atoms with Gasteiger partial charge in [0.25, 0.3) is 10.1 Å². The van der Waals surface area contributed by atoms with Crippen molar-refractivity contribution in [2.75, 3.05) is 0 Å². The van der Waals surface area contributed by atoms with E-state index in [2.05, 4.69) is 9.97 Å². The van der Waals surface area contributed by atoms with Gasteiger partial charge in [-0.15, -0.1) is 0 Å². The van der Waals surface area contributed by atoms with E-state index in [1.165, 1.54) is 6.07 Å². The summed E-state index contributed by atoms with van der Waals surface area (Å²) in [5, 5.41) is 0. The average Bonchev–Trinajstić information content (AvgIpc) is 2.17. The number of benzene rings is 1. The standard InChI is InChI=1S/C8H6N2O5S.Na/c11-7-8(12)10-6-3-4(16(13,14)15)1-2-5(6)9-7;/h1-3H,(H,9,11)(H,10,12)(H,13,14,15);. The summed E-state index contributed by atoms with van der Waals surface area (Å²) >= 11 is 0. The van der Waals surface area contributed by atoms with Crippen LogP contribution >= 0.6 is 0 Å². The molecule has 0 amide bonds. The largest absolute Gasteiger partial charge is 0.316 e. The molecule has 3 N–H and O–H groups in total. The molecule has 1 aromatic carbocycles. The number of fused-ring (bicyclic) bond motifs is 1. The summed E-state index contributed by atoms with van der Waals surface area (Å²) in [5.74, 6) is 0. The summed E-state index contributed by atoms with van der Waals surface area (Å²) in [4.78, 5) is 26.0. The van der Waals surface area contributed by atoms with Crippen LogP contribution in [-0.2, 0) is 10.1 Å². The number of aromatic amines is 2. The van der Waals surface area contributed by atoms with Crippen molar-refractivity contribution >= 4 is 50.7 Å². The first-order valence-corrected chi connectivity index (χ1v) is 5.56. The number of hydrogen-bond donors (Lipinski definition) is 3. The maximum absolute atomic E-state index is 11.0. The molecular weight excluding hydrogens is 259 g/mol. The van der Waals surface area contributed by atoms with Gasteiger partial charge in [0.15, 0.2) is 0 Å². The minimum Gasteiger partial charge on any atom is -0.316 e. The van der Waals surface area contributed by atoms with Crippen LogP contribution in [0.2, 0.25) is 0 Å². The summed E-state index contributed by atoms with van der Waals surface area (Å²) in [7, 11) is -4.33. The smallest absolute Gasteiger partial charge is 0.314 e. The van der Waals surface area contributed by atoms with Gasteiger partial charge in [-0.3, -0.25) is 14.1 Å². The van der Waals surface area contributed by atoms with Gasteiger partial charge in [-0.25, -0.2) is 0 Å². The second-order valence-electron chi connectivity index (χ2n) is 3.09. The molecule has 2 rings (SSSR count). The SMILES string of the molecule is O=c1[nH]c2ccc(S(=O)(=O)O)cc2[nH]c1=O.[Na]. The molecule has 0 aliphatic heterocycles. The number of nitrogens with one attached hydrogen (secondary N) is 2. The summed E-state index contributed by atoms with van der Waals surface area (Å²) in [6.45, 7) is 0. The Morgan fingerprint density at radius 1 is 1.00 bits per heavy atom. The Morgan fingerprint density at radius 2 is 1.53 bits per heavy atom. The Kier molecular flexibility index (Phi) is 3.95. The van der Waals surface area contributed by atoms with E-state index in [1.807, 2.05) is 0 Å². The molecule has 1 radical (unpaired) electrons. The molecular formula is C8H6N2NaO5S. The predicted octanol–water partition coefficient (Wildman–Crippen LogP) is -0.918. The van der Waals surface area contributed by atoms with Crippen molar-refractivity contribution in [2.45, 2.75) is 4.90 Å². The maximum atomic E-state index is 11.0. The molecule has 0 bridgehead atoms. The van der Waals surface area contributed by atoms with Crippen molar-refractivity contribution in [1.82, 2.24) is 9.97 Å². The monoisotopic (exact) mass is 265 g/mol. The van der Waals surface area contributed by atoms with Crippen molar-refractivity contribution in [1.29, 1.82) is 0 Å². The van der Waals surface area contributed by atoms with Crippen LogP contribution < -0.4 is 11.1 Å². The van der Waals surface area contributed by atoms with Crippen molar-refractivity contribution in [3.05, 3.63) is 38.9 Å². The van der Waals surface area contributed by atoms with Crippen molar-refractivity contribution < 1.29 is 13.0 Å². The Morgan fingerprint density at radius 3 is 2.06 bits per heavy atom. The molecule has 7 nitrogen and oxygen atoms in total. The minimum atomic E-state index is -4.33. The fourth-order valence-corrected chi connectivity index (χ4v) is 1.76. The molecule has 1 aromatic heterocycles. The minimum absolute atomic E-state index is 0. The molecule has 0 fully saturated rings. The Hall–Kier alpha value is -0.930. The van der Waals surface area contributed by atoms with Crippen LogP contribution in [0.5, 0.6) is 0 Å². The molecule has 0 atom stereocenters. The third kappa shape index (κ3) is 2.85. The van der Waals surface area contributed by atoms with Gasteiger partial charge < -0.3 is 9.97 Å². The van der Waals surface area contributed by atoms with Gasteiger partial charge in [0, 0.05) is 29.6 Å². The number of rotatable bonds is 1. The molecule has 0 aliphatic rings.